The van der Waals surface area contributed by atoms with Crippen LogP contribution in [0.2, 0.25) is 0 Å². The number of aryl methyl sites for hydroxylation is 1. The van der Waals surface area contributed by atoms with Gasteiger partial charge in [0.25, 0.3) is 10.0 Å². The summed E-state index contributed by atoms with van der Waals surface area (Å²) < 4.78 is 26.8. The minimum absolute atomic E-state index is 0.249. The van der Waals surface area contributed by atoms with Gasteiger partial charge < -0.3 is 5.32 Å². The summed E-state index contributed by atoms with van der Waals surface area (Å²) in [6.07, 6.45) is 4.88. The number of aromatic nitrogens is 2. The molecule has 0 spiro atoms. The number of rotatable bonds is 8. The normalized spacial score (nSPS) is 11.5. The molecule has 6 nitrogen and oxygen atoms in total. The predicted molar refractivity (Wildman–Crippen MR) is 82.7 cm³/mol. The van der Waals surface area contributed by atoms with Crippen LogP contribution in [0.4, 0.5) is 5.69 Å². The maximum absolute atomic E-state index is 12.1. The lowest BCUT2D eigenvalue weighted by Gasteiger charge is -2.07. The molecule has 114 valence electrons. The Bertz CT molecular complexity index is 636. The van der Waals surface area contributed by atoms with Gasteiger partial charge in [-0.3, -0.25) is 9.82 Å². The average Bonchev–Trinajstić information content (AvgIpc) is 2.96. The van der Waals surface area contributed by atoms with E-state index >= 15 is 0 Å². The van der Waals surface area contributed by atoms with Gasteiger partial charge in [0, 0.05) is 6.20 Å². The van der Waals surface area contributed by atoms with Crippen LogP contribution < -0.4 is 10.0 Å². The van der Waals surface area contributed by atoms with Crippen LogP contribution >= 0.6 is 0 Å². The van der Waals surface area contributed by atoms with Crippen molar-refractivity contribution in [1.82, 2.24) is 15.5 Å². The second kappa shape index (κ2) is 7.24. The molecule has 1 heterocycles. The molecule has 0 saturated heterocycles. The van der Waals surface area contributed by atoms with E-state index in [-0.39, 0.29) is 4.90 Å². The zero-order valence-corrected chi connectivity index (χ0v) is 12.8. The monoisotopic (exact) mass is 308 g/mol. The minimum atomic E-state index is -3.55. The quantitative estimate of drug-likeness (QED) is 0.648. The van der Waals surface area contributed by atoms with E-state index in [1.54, 1.807) is 12.1 Å². The molecule has 0 amide bonds. The molecule has 7 heteroatoms. The maximum atomic E-state index is 12.1. The molecule has 1 aromatic carbocycles. The number of hydrogen-bond acceptors (Lipinski definition) is 4. The first-order valence-electron chi connectivity index (χ1n) is 6.93. The van der Waals surface area contributed by atoms with E-state index in [1.807, 2.05) is 12.1 Å². The summed E-state index contributed by atoms with van der Waals surface area (Å²) in [6, 6.07) is 6.97. The summed E-state index contributed by atoms with van der Waals surface area (Å²) in [5, 5.41) is 9.53. The van der Waals surface area contributed by atoms with Gasteiger partial charge in [0.05, 0.1) is 16.8 Å². The van der Waals surface area contributed by atoms with Crippen LogP contribution in [0.25, 0.3) is 0 Å². The van der Waals surface area contributed by atoms with Crippen molar-refractivity contribution in [3.8, 4) is 0 Å². The van der Waals surface area contributed by atoms with Gasteiger partial charge >= 0.3 is 0 Å². The summed E-state index contributed by atoms with van der Waals surface area (Å²) in [5.41, 5.74) is 1.56. The van der Waals surface area contributed by atoms with Gasteiger partial charge in [-0.05, 0) is 43.6 Å². The van der Waals surface area contributed by atoms with E-state index in [4.69, 9.17) is 0 Å². The van der Waals surface area contributed by atoms with Crippen molar-refractivity contribution in [2.24, 2.45) is 0 Å². The Hall–Kier alpha value is -1.86. The van der Waals surface area contributed by atoms with Gasteiger partial charge in [-0.2, -0.15) is 5.10 Å². The molecule has 2 rings (SSSR count). The van der Waals surface area contributed by atoms with Crippen molar-refractivity contribution in [3.05, 3.63) is 42.2 Å². The van der Waals surface area contributed by atoms with Crippen LogP contribution in [0, 0.1) is 0 Å². The molecule has 0 unspecified atom stereocenters. The van der Waals surface area contributed by atoms with E-state index in [2.05, 4.69) is 27.2 Å². The van der Waals surface area contributed by atoms with E-state index in [1.165, 1.54) is 12.4 Å². The van der Waals surface area contributed by atoms with Gasteiger partial charge in [-0.15, -0.1) is 0 Å². The molecular formula is C14H20N4O2S. The van der Waals surface area contributed by atoms with E-state index in [0.717, 1.165) is 31.5 Å². The van der Waals surface area contributed by atoms with E-state index in [9.17, 15) is 8.42 Å². The Balaban J connectivity index is 1.97. The number of nitrogens with one attached hydrogen (secondary N) is 3. The highest BCUT2D eigenvalue weighted by molar-refractivity contribution is 7.92. The lowest BCUT2D eigenvalue weighted by molar-refractivity contribution is 0.601. The van der Waals surface area contributed by atoms with Crippen molar-refractivity contribution < 1.29 is 8.42 Å². The Morgan fingerprint density at radius 1 is 1.24 bits per heavy atom. The molecule has 0 aliphatic carbocycles. The Morgan fingerprint density at radius 2 is 2.00 bits per heavy atom. The second-order valence-electron chi connectivity index (χ2n) is 4.69. The predicted octanol–water partition coefficient (Wildman–Crippen LogP) is 1.75. The number of aromatic amines is 1. The molecule has 0 atom stereocenters. The third kappa shape index (κ3) is 4.57. The van der Waals surface area contributed by atoms with Crippen molar-refractivity contribution in [2.75, 3.05) is 17.8 Å². The highest BCUT2D eigenvalue weighted by atomic mass is 32.2. The summed E-state index contributed by atoms with van der Waals surface area (Å²) in [6.45, 7) is 4.02. The lowest BCUT2D eigenvalue weighted by atomic mass is 10.1. The minimum Gasteiger partial charge on any atom is -0.317 e. The molecule has 0 radical (unpaired) electrons. The molecule has 0 aliphatic rings. The van der Waals surface area contributed by atoms with Crippen LogP contribution in [0.3, 0.4) is 0 Å². The highest BCUT2D eigenvalue weighted by Gasteiger charge is 2.14. The zero-order valence-electron chi connectivity index (χ0n) is 12.0. The zero-order chi connectivity index (χ0) is 15.1. The van der Waals surface area contributed by atoms with Gasteiger partial charge in [0.2, 0.25) is 0 Å². The SMILES string of the molecule is CCNCCCc1ccc(S(=O)(=O)Nc2cn[nH]c2)cc1. The van der Waals surface area contributed by atoms with E-state index < -0.39 is 10.0 Å². The summed E-state index contributed by atoms with van der Waals surface area (Å²) in [5.74, 6) is 0. The largest absolute Gasteiger partial charge is 0.317 e. The van der Waals surface area contributed by atoms with Gasteiger partial charge in [-0.25, -0.2) is 8.42 Å². The van der Waals surface area contributed by atoms with E-state index in [0.29, 0.717) is 5.69 Å². The summed E-state index contributed by atoms with van der Waals surface area (Å²) in [4.78, 5) is 0.249. The number of H-pyrrole nitrogens is 1. The van der Waals surface area contributed by atoms with Gasteiger partial charge in [0.15, 0.2) is 0 Å². The fourth-order valence-electron chi connectivity index (χ4n) is 1.95. The molecule has 0 bridgehead atoms. The van der Waals surface area contributed by atoms with Crippen LogP contribution in [-0.4, -0.2) is 31.7 Å². The fraction of sp³-hybridized carbons (Fsp3) is 0.357. The fourth-order valence-corrected chi connectivity index (χ4v) is 2.98. The summed E-state index contributed by atoms with van der Waals surface area (Å²) >= 11 is 0. The number of benzene rings is 1. The van der Waals surface area contributed by atoms with Gasteiger partial charge in [0.1, 0.15) is 0 Å². The third-order valence-electron chi connectivity index (χ3n) is 3.05. The number of anilines is 1. The topological polar surface area (TPSA) is 86.9 Å². The Labute approximate surface area is 125 Å². The third-order valence-corrected chi connectivity index (χ3v) is 4.45. The number of nitrogens with zero attached hydrogens (tertiary/aromatic N) is 1. The molecule has 0 fully saturated rings. The maximum Gasteiger partial charge on any atom is 0.261 e. The van der Waals surface area contributed by atoms with Crippen molar-refractivity contribution >= 4 is 15.7 Å². The van der Waals surface area contributed by atoms with Crippen LogP contribution in [-0.2, 0) is 16.4 Å². The van der Waals surface area contributed by atoms with Crippen molar-refractivity contribution in [3.63, 3.8) is 0 Å². The lowest BCUT2D eigenvalue weighted by Crippen LogP contribution is -2.14. The Morgan fingerprint density at radius 3 is 2.62 bits per heavy atom. The van der Waals surface area contributed by atoms with Crippen molar-refractivity contribution in [1.29, 1.82) is 0 Å². The second-order valence-corrected chi connectivity index (χ2v) is 6.38. The molecule has 1 aromatic heterocycles. The molecule has 0 saturated carbocycles. The standard InChI is InChI=1S/C14H20N4O2S/c1-2-15-9-3-4-12-5-7-14(8-6-12)21(19,20)18-13-10-16-17-11-13/h5-8,10-11,15,18H,2-4,9H2,1H3,(H,16,17). The first-order chi connectivity index (χ1) is 10.1. The van der Waals surface area contributed by atoms with Crippen molar-refractivity contribution in [2.45, 2.75) is 24.7 Å². The Kier molecular flexibility index (Phi) is 5.35. The first-order valence-corrected chi connectivity index (χ1v) is 8.41. The molecular weight excluding hydrogens is 288 g/mol. The number of hydrogen-bond donors (Lipinski definition) is 3. The number of sulfonamides is 1. The van der Waals surface area contributed by atoms with Crippen LogP contribution in [0.5, 0.6) is 0 Å². The molecule has 2 aromatic rings. The smallest absolute Gasteiger partial charge is 0.261 e. The first kappa shape index (κ1) is 15.5. The molecule has 21 heavy (non-hydrogen) atoms. The summed E-state index contributed by atoms with van der Waals surface area (Å²) in [7, 11) is -3.55. The molecule has 3 N–H and O–H groups in total. The highest BCUT2D eigenvalue weighted by Crippen LogP contribution is 2.16. The molecule has 0 aliphatic heterocycles. The van der Waals surface area contributed by atoms with Crippen LogP contribution in [0.15, 0.2) is 41.6 Å². The average molecular weight is 308 g/mol. The van der Waals surface area contributed by atoms with Gasteiger partial charge in [-0.1, -0.05) is 19.1 Å². The van der Waals surface area contributed by atoms with Crippen LogP contribution in [0.1, 0.15) is 18.9 Å².